The molecule has 0 amide bonds. The summed E-state index contributed by atoms with van der Waals surface area (Å²) in [5, 5.41) is 0. The van der Waals surface area contributed by atoms with Crippen LogP contribution in [0.25, 0.3) is 5.69 Å². The largest absolute Gasteiger partial charge is 0.298 e. The van der Waals surface area contributed by atoms with E-state index in [1.54, 1.807) is 12.1 Å². The Labute approximate surface area is 166 Å². The average molecular weight is 388 g/mol. The lowest BCUT2D eigenvalue weighted by atomic mass is 9.98. The zero-order chi connectivity index (χ0) is 19.9. The molecule has 0 aliphatic carbocycles. The molecule has 5 heteroatoms. The van der Waals surface area contributed by atoms with Crippen LogP contribution in [0.15, 0.2) is 53.7 Å². The number of aryl methyl sites for hydroxylation is 1. The molecule has 3 aromatic rings. The number of benzene rings is 2. The monoisotopic (exact) mass is 387 g/mol. The summed E-state index contributed by atoms with van der Waals surface area (Å²) in [5.74, 6) is 3.93. The highest BCUT2D eigenvalue weighted by Crippen LogP contribution is 2.28. The Balaban J connectivity index is 1.96. The molecule has 1 aromatic heterocycles. The molecule has 0 unspecified atom stereocenters. The van der Waals surface area contributed by atoms with E-state index in [0.29, 0.717) is 17.8 Å². The number of rotatable bonds is 1. The molecule has 3 nitrogen and oxygen atoms in total. The lowest BCUT2D eigenvalue weighted by Crippen LogP contribution is -2.16. The van der Waals surface area contributed by atoms with E-state index < -0.39 is 8.07 Å². The third-order valence-electron chi connectivity index (χ3n) is 4.61. The van der Waals surface area contributed by atoms with Gasteiger partial charge in [0.15, 0.2) is 0 Å². The molecule has 0 spiro atoms. The van der Waals surface area contributed by atoms with Gasteiger partial charge in [-0.3, -0.25) is 9.56 Å². The molecule has 28 heavy (non-hydrogen) atoms. The highest BCUT2D eigenvalue weighted by molar-refractivity contribution is 6.83. The van der Waals surface area contributed by atoms with Gasteiger partial charge in [-0.1, -0.05) is 37.7 Å². The van der Waals surface area contributed by atoms with Gasteiger partial charge in [0.05, 0.1) is 29.8 Å². The maximum atomic E-state index is 14.6. The first-order valence-corrected chi connectivity index (χ1v) is 12.8. The second kappa shape index (κ2) is 6.88. The van der Waals surface area contributed by atoms with Crippen molar-refractivity contribution < 1.29 is 4.39 Å². The van der Waals surface area contributed by atoms with E-state index in [1.165, 1.54) is 6.07 Å². The van der Waals surface area contributed by atoms with Crippen molar-refractivity contribution in [3.8, 4) is 17.2 Å². The topological polar surface area (TPSA) is 30.2 Å². The Morgan fingerprint density at radius 1 is 1.07 bits per heavy atom. The number of nitrogens with zero attached hydrogens (tertiary/aromatic N) is 3. The van der Waals surface area contributed by atoms with Gasteiger partial charge < -0.3 is 0 Å². The summed E-state index contributed by atoms with van der Waals surface area (Å²) in [6.45, 7) is 9.08. The molecule has 0 N–H and O–H groups in total. The first-order valence-electron chi connectivity index (χ1n) is 9.34. The highest BCUT2D eigenvalue weighted by Gasteiger charge is 2.22. The Hall–Kier alpha value is -2.97. The second-order valence-electron chi connectivity index (χ2n) is 8.01. The van der Waals surface area contributed by atoms with Crippen molar-refractivity contribution in [3.05, 3.63) is 82.7 Å². The summed E-state index contributed by atoms with van der Waals surface area (Å²) >= 11 is 0. The number of hydrogen-bond donors (Lipinski definition) is 0. The smallest absolute Gasteiger partial charge is 0.132 e. The standard InChI is InChI=1S/C23H22FN3Si/c1-16-25-14-18-15-26-23(19-7-5-6-8-21(19)24)20-13-17(11-12-28(2,3)4)9-10-22(20)27(16)18/h5-10,13-14H,15H2,1-4H3. The van der Waals surface area contributed by atoms with Gasteiger partial charge in [-0.2, -0.15) is 0 Å². The molecule has 0 radical (unpaired) electrons. The molecule has 0 fully saturated rings. The third-order valence-corrected chi connectivity index (χ3v) is 5.49. The van der Waals surface area contributed by atoms with Crippen molar-refractivity contribution >= 4 is 13.8 Å². The molecule has 1 aliphatic rings. The van der Waals surface area contributed by atoms with Gasteiger partial charge in [0, 0.05) is 16.7 Å². The summed E-state index contributed by atoms with van der Waals surface area (Å²) in [4.78, 5) is 9.22. The fraction of sp³-hybridized carbons (Fsp3) is 0.217. The van der Waals surface area contributed by atoms with E-state index in [9.17, 15) is 4.39 Å². The van der Waals surface area contributed by atoms with Crippen LogP contribution in [0, 0.1) is 24.2 Å². The Kier molecular flexibility index (Phi) is 4.52. The summed E-state index contributed by atoms with van der Waals surface area (Å²) in [6.07, 6.45) is 1.84. The molecule has 4 rings (SSSR count). The lowest BCUT2D eigenvalue weighted by Gasteiger charge is -2.14. The van der Waals surface area contributed by atoms with Crippen LogP contribution < -0.4 is 0 Å². The highest BCUT2D eigenvalue weighted by atomic mass is 28.3. The summed E-state index contributed by atoms with van der Waals surface area (Å²) < 4.78 is 16.7. The molecule has 0 atom stereocenters. The fourth-order valence-electron chi connectivity index (χ4n) is 3.32. The summed E-state index contributed by atoms with van der Waals surface area (Å²) in [7, 11) is -1.50. The normalized spacial score (nSPS) is 13.0. The van der Waals surface area contributed by atoms with Crippen LogP contribution in [0.5, 0.6) is 0 Å². The molecule has 0 saturated heterocycles. The van der Waals surface area contributed by atoms with Gasteiger partial charge in [0.1, 0.15) is 19.7 Å². The maximum Gasteiger partial charge on any atom is 0.132 e. The predicted molar refractivity (Wildman–Crippen MR) is 114 cm³/mol. The van der Waals surface area contributed by atoms with Gasteiger partial charge in [-0.25, -0.2) is 9.37 Å². The molecule has 1 aliphatic heterocycles. The zero-order valence-corrected chi connectivity index (χ0v) is 17.5. The fourth-order valence-corrected chi connectivity index (χ4v) is 3.84. The minimum absolute atomic E-state index is 0.271. The van der Waals surface area contributed by atoms with Crippen LogP contribution >= 0.6 is 0 Å². The molecule has 0 bridgehead atoms. The number of fused-ring (bicyclic) bond motifs is 3. The maximum absolute atomic E-state index is 14.6. The molecule has 0 saturated carbocycles. The van der Waals surface area contributed by atoms with Crippen LogP contribution in [0.1, 0.15) is 28.2 Å². The zero-order valence-electron chi connectivity index (χ0n) is 16.5. The van der Waals surface area contributed by atoms with Gasteiger partial charge in [-0.05, 0) is 37.3 Å². The average Bonchev–Trinajstić information content (AvgIpc) is 2.93. The second-order valence-corrected chi connectivity index (χ2v) is 12.8. The van der Waals surface area contributed by atoms with Crippen LogP contribution in [-0.2, 0) is 6.54 Å². The van der Waals surface area contributed by atoms with Crippen molar-refractivity contribution in [3.63, 3.8) is 0 Å². The van der Waals surface area contributed by atoms with Gasteiger partial charge in [0.25, 0.3) is 0 Å². The van der Waals surface area contributed by atoms with Crippen molar-refractivity contribution in [1.82, 2.24) is 9.55 Å². The van der Waals surface area contributed by atoms with E-state index in [-0.39, 0.29) is 5.82 Å². The summed E-state index contributed by atoms with van der Waals surface area (Å²) in [5.41, 5.74) is 8.33. The molecule has 2 heterocycles. The summed E-state index contributed by atoms with van der Waals surface area (Å²) in [6, 6.07) is 12.9. The van der Waals surface area contributed by atoms with Crippen LogP contribution in [0.3, 0.4) is 0 Å². The first kappa shape index (κ1) is 18.4. The van der Waals surface area contributed by atoms with Crippen molar-refractivity contribution in [2.45, 2.75) is 33.1 Å². The molecule has 2 aromatic carbocycles. The van der Waals surface area contributed by atoms with Crippen molar-refractivity contribution in [2.24, 2.45) is 4.99 Å². The predicted octanol–water partition coefficient (Wildman–Crippen LogP) is 4.90. The van der Waals surface area contributed by atoms with Crippen LogP contribution in [-0.4, -0.2) is 23.3 Å². The number of halogens is 1. The quantitative estimate of drug-likeness (QED) is 0.431. The number of imidazole rings is 1. The Morgan fingerprint density at radius 2 is 1.86 bits per heavy atom. The van der Waals surface area contributed by atoms with Gasteiger partial charge >= 0.3 is 0 Å². The minimum Gasteiger partial charge on any atom is -0.298 e. The van der Waals surface area contributed by atoms with Crippen molar-refractivity contribution in [2.75, 3.05) is 0 Å². The van der Waals surface area contributed by atoms with Gasteiger partial charge in [-0.15, -0.1) is 5.54 Å². The molecular formula is C23H22FN3Si. The van der Waals surface area contributed by atoms with E-state index >= 15 is 0 Å². The number of aromatic nitrogens is 2. The van der Waals surface area contributed by atoms with Crippen LogP contribution in [0.2, 0.25) is 19.6 Å². The number of hydrogen-bond acceptors (Lipinski definition) is 2. The molecular weight excluding hydrogens is 365 g/mol. The SMILES string of the molecule is Cc1ncc2n1-c1ccc(C#C[Si](C)(C)C)cc1C(c1ccccc1F)=NC2. The van der Waals surface area contributed by atoms with E-state index in [1.807, 2.05) is 37.4 Å². The van der Waals surface area contributed by atoms with E-state index in [4.69, 9.17) is 4.99 Å². The van der Waals surface area contributed by atoms with E-state index in [2.05, 4.69) is 40.7 Å². The van der Waals surface area contributed by atoms with E-state index in [0.717, 1.165) is 28.3 Å². The first-order chi connectivity index (χ1) is 13.3. The number of aliphatic imine (C=N–C) groups is 1. The van der Waals surface area contributed by atoms with Gasteiger partial charge in [0.2, 0.25) is 0 Å². The Morgan fingerprint density at radius 3 is 2.61 bits per heavy atom. The van der Waals surface area contributed by atoms with Crippen molar-refractivity contribution in [1.29, 1.82) is 0 Å². The lowest BCUT2D eigenvalue weighted by molar-refractivity contribution is 0.625. The molecule has 140 valence electrons. The van der Waals surface area contributed by atoms with Crippen LogP contribution in [0.4, 0.5) is 4.39 Å². The minimum atomic E-state index is -1.50. The Bertz CT molecular complexity index is 1160. The third kappa shape index (κ3) is 3.44.